The van der Waals surface area contributed by atoms with Crippen LogP contribution in [0.25, 0.3) is 0 Å². The summed E-state index contributed by atoms with van der Waals surface area (Å²) in [6, 6.07) is 0.729. The Balaban J connectivity index is 1.77. The van der Waals surface area contributed by atoms with Gasteiger partial charge in [0.15, 0.2) is 17.5 Å². The number of benzene rings is 1. The summed E-state index contributed by atoms with van der Waals surface area (Å²) in [5.41, 5.74) is -0.860. The summed E-state index contributed by atoms with van der Waals surface area (Å²) in [6.07, 6.45) is 0.477. The fourth-order valence-electron chi connectivity index (χ4n) is 3.24. The number of halogens is 5. The molecule has 0 radical (unpaired) electrons. The van der Waals surface area contributed by atoms with Crippen LogP contribution in [0, 0.1) is 34.7 Å². The van der Waals surface area contributed by atoms with E-state index >= 15 is 0 Å². The predicted octanol–water partition coefficient (Wildman–Crippen LogP) is 5.08. The highest BCUT2D eigenvalue weighted by atomic mass is 19.3. The largest absolute Gasteiger partial charge is 0.431 e. The molecular formula is C18H17F5O2. The molecule has 2 saturated carbocycles. The number of carbonyl (C=O) groups is 1. The Kier molecular flexibility index (Phi) is 4.16. The highest BCUT2D eigenvalue weighted by Crippen LogP contribution is 2.61. The first-order chi connectivity index (χ1) is 11.6. The van der Waals surface area contributed by atoms with E-state index in [-0.39, 0.29) is 5.92 Å². The standard InChI is InChI=1S/C18H17F5O2/c1-17(2)11(8-9-4-3-5-9)13(17)16(24)25-18(22,23)10-6-7-12(19)15(21)14(10)20/h6-8,11,13H,3-5H2,1-2H3. The van der Waals surface area contributed by atoms with E-state index in [1.165, 1.54) is 5.57 Å². The molecule has 136 valence electrons. The molecule has 2 nitrogen and oxygen atoms in total. The molecule has 0 saturated heterocycles. The van der Waals surface area contributed by atoms with E-state index in [0.29, 0.717) is 12.1 Å². The second kappa shape index (κ2) is 5.81. The molecule has 2 unspecified atom stereocenters. The number of hydrogen-bond acceptors (Lipinski definition) is 2. The van der Waals surface area contributed by atoms with Crippen molar-refractivity contribution >= 4 is 5.97 Å². The van der Waals surface area contributed by atoms with E-state index in [9.17, 15) is 26.7 Å². The molecule has 25 heavy (non-hydrogen) atoms. The molecule has 0 spiro atoms. The summed E-state index contributed by atoms with van der Waals surface area (Å²) in [4.78, 5) is 12.1. The third-order valence-corrected chi connectivity index (χ3v) is 5.15. The van der Waals surface area contributed by atoms with Gasteiger partial charge in [0, 0.05) is 0 Å². The lowest BCUT2D eigenvalue weighted by atomic mass is 9.90. The van der Waals surface area contributed by atoms with Gasteiger partial charge in [-0.1, -0.05) is 25.5 Å². The van der Waals surface area contributed by atoms with Gasteiger partial charge in [-0.15, -0.1) is 0 Å². The van der Waals surface area contributed by atoms with Gasteiger partial charge in [-0.05, 0) is 42.7 Å². The molecule has 1 aromatic rings. The van der Waals surface area contributed by atoms with Crippen molar-refractivity contribution < 1.29 is 31.5 Å². The molecule has 0 bridgehead atoms. The molecule has 2 fully saturated rings. The Hall–Kier alpha value is -1.92. The fraction of sp³-hybridized carbons (Fsp3) is 0.500. The van der Waals surface area contributed by atoms with Crippen molar-refractivity contribution in [2.45, 2.75) is 39.2 Å². The van der Waals surface area contributed by atoms with Gasteiger partial charge in [0.05, 0.1) is 5.92 Å². The molecule has 0 amide bonds. The van der Waals surface area contributed by atoms with Crippen LogP contribution < -0.4 is 0 Å². The van der Waals surface area contributed by atoms with Crippen LogP contribution in [0.5, 0.6) is 0 Å². The molecule has 0 N–H and O–H groups in total. The van der Waals surface area contributed by atoms with Crippen LogP contribution in [0.4, 0.5) is 22.0 Å². The highest BCUT2D eigenvalue weighted by Gasteiger charge is 2.63. The number of carbonyl (C=O) groups excluding carboxylic acids is 1. The number of ether oxygens (including phenoxy) is 1. The quantitative estimate of drug-likeness (QED) is 0.324. The van der Waals surface area contributed by atoms with E-state index in [1.807, 2.05) is 6.08 Å². The zero-order chi connectivity index (χ0) is 18.6. The zero-order valence-corrected chi connectivity index (χ0v) is 13.7. The van der Waals surface area contributed by atoms with Gasteiger partial charge >= 0.3 is 12.1 Å². The summed E-state index contributed by atoms with van der Waals surface area (Å²) in [6.45, 7) is 3.52. The van der Waals surface area contributed by atoms with Crippen LogP contribution >= 0.6 is 0 Å². The van der Waals surface area contributed by atoms with Crippen LogP contribution in [0.15, 0.2) is 23.8 Å². The fourth-order valence-corrected chi connectivity index (χ4v) is 3.24. The van der Waals surface area contributed by atoms with Gasteiger partial charge in [-0.2, -0.15) is 8.78 Å². The third-order valence-electron chi connectivity index (χ3n) is 5.15. The minimum atomic E-state index is -4.39. The average molecular weight is 360 g/mol. The summed E-state index contributed by atoms with van der Waals surface area (Å²) >= 11 is 0. The Labute approximate surface area is 141 Å². The topological polar surface area (TPSA) is 26.3 Å². The smallest absolute Gasteiger partial charge is 0.397 e. The summed E-state index contributed by atoms with van der Waals surface area (Å²) in [5.74, 6) is -7.88. The molecular weight excluding hydrogens is 343 g/mol. The van der Waals surface area contributed by atoms with Crippen LogP contribution in [0.3, 0.4) is 0 Å². The maximum atomic E-state index is 14.1. The lowest BCUT2D eigenvalue weighted by Gasteiger charge is -2.18. The van der Waals surface area contributed by atoms with Gasteiger partial charge in [-0.3, -0.25) is 4.79 Å². The Morgan fingerprint density at radius 3 is 2.40 bits per heavy atom. The van der Waals surface area contributed by atoms with Crippen LogP contribution in [-0.4, -0.2) is 5.97 Å². The van der Waals surface area contributed by atoms with Gasteiger partial charge in [0.1, 0.15) is 5.56 Å². The van der Waals surface area contributed by atoms with Crippen molar-refractivity contribution in [3.05, 3.63) is 46.8 Å². The van der Waals surface area contributed by atoms with Crippen molar-refractivity contribution in [2.24, 2.45) is 17.3 Å². The summed E-state index contributed by atoms with van der Waals surface area (Å²) in [7, 11) is 0. The SMILES string of the molecule is CC1(C)C(C=C2CCC2)C1C(=O)OC(F)(F)c1ccc(F)c(F)c1F. The number of alkyl halides is 2. The Morgan fingerprint density at radius 1 is 1.20 bits per heavy atom. The van der Waals surface area contributed by atoms with Crippen molar-refractivity contribution in [1.29, 1.82) is 0 Å². The number of esters is 1. The van der Waals surface area contributed by atoms with Crippen molar-refractivity contribution in [1.82, 2.24) is 0 Å². The number of allylic oxidation sites excluding steroid dienone is 2. The molecule has 3 rings (SSSR count). The maximum Gasteiger partial charge on any atom is 0.431 e. The third kappa shape index (κ3) is 3.04. The van der Waals surface area contributed by atoms with Crippen LogP contribution in [0.1, 0.15) is 38.7 Å². The number of hydrogen-bond donors (Lipinski definition) is 0. The van der Waals surface area contributed by atoms with E-state index in [4.69, 9.17) is 0 Å². The minimum absolute atomic E-state index is 0.221. The first-order valence-electron chi connectivity index (χ1n) is 8.00. The molecule has 2 aliphatic rings. The van der Waals surface area contributed by atoms with E-state index in [2.05, 4.69) is 4.74 Å². The van der Waals surface area contributed by atoms with E-state index in [0.717, 1.165) is 19.3 Å². The molecule has 0 heterocycles. The number of rotatable bonds is 4. The first-order valence-corrected chi connectivity index (χ1v) is 8.00. The highest BCUT2D eigenvalue weighted by molar-refractivity contribution is 5.78. The predicted molar refractivity (Wildman–Crippen MR) is 79.0 cm³/mol. The molecule has 2 aliphatic carbocycles. The van der Waals surface area contributed by atoms with Gasteiger partial charge in [-0.25, -0.2) is 13.2 Å². The molecule has 2 atom stereocenters. The second-order valence-electron chi connectivity index (χ2n) is 7.16. The van der Waals surface area contributed by atoms with Gasteiger partial charge in [0.25, 0.3) is 0 Å². The summed E-state index contributed by atoms with van der Waals surface area (Å²) in [5, 5.41) is 0. The van der Waals surface area contributed by atoms with Crippen LogP contribution in [-0.2, 0) is 15.6 Å². The zero-order valence-electron chi connectivity index (χ0n) is 13.7. The molecule has 7 heteroatoms. The van der Waals surface area contributed by atoms with Gasteiger partial charge in [0.2, 0.25) is 0 Å². The second-order valence-corrected chi connectivity index (χ2v) is 7.16. The molecule has 0 aromatic heterocycles. The molecule has 1 aromatic carbocycles. The lowest BCUT2D eigenvalue weighted by molar-refractivity contribution is -0.243. The van der Waals surface area contributed by atoms with Crippen molar-refractivity contribution in [2.75, 3.05) is 0 Å². The molecule has 0 aliphatic heterocycles. The Bertz CT molecular complexity index is 748. The average Bonchev–Trinajstić information content (AvgIpc) is 3.00. The van der Waals surface area contributed by atoms with Crippen LogP contribution in [0.2, 0.25) is 0 Å². The minimum Gasteiger partial charge on any atom is -0.397 e. The monoisotopic (exact) mass is 360 g/mol. The van der Waals surface area contributed by atoms with Gasteiger partial charge < -0.3 is 4.74 Å². The van der Waals surface area contributed by atoms with E-state index < -0.39 is 46.4 Å². The summed E-state index contributed by atoms with van der Waals surface area (Å²) < 4.78 is 72.0. The lowest BCUT2D eigenvalue weighted by Crippen LogP contribution is -2.26. The normalized spacial score (nSPS) is 24.5. The van der Waals surface area contributed by atoms with Crippen molar-refractivity contribution in [3.63, 3.8) is 0 Å². The van der Waals surface area contributed by atoms with E-state index in [1.54, 1.807) is 13.8 Å². The first kappa shape index (κ1) is 17.9. The van der Waals surface area contributed by atoms with Crippen molar-refractivity contribution in [3.8, 4) is 0 Å². The maximum absolute atomic E-state index is 14.1. The Morgan fingerprint density at radius 2 is 1.84 bits per heavy atom.